The van der Waals surface area contributed by atoms with Gasteiger partial charge in [0.15, 0.2) is 5.78 Å². The van der Waals surface area contributed by atoms with E-state index in [9.17, 15) is 22.8 Å². The van der Waals surface area contributed by atoms with Gasteiger partial charge in [-0.1, -0.05) is 18.2 Å². The first-order valence-electron chi connectivity index (χ1n) is 7.48. The van der Waals surface area contributed by atoms with Crippen LogP contribution in [0.2, 0.25) is 0 Å². The zero-order chi connectivity index (χ0) is 16.8. The number of hydrogen-bond donors (Lipinski definition) is 0. The highest BCUT2D eigenvalue weighted by Crippen LogP contribution is 2.38. The molecule has 1 aromatic rings. The van der Waals surface area contributed by atoms with Crippen LogP contribution in [0.3, 0.4) is 0 Å². The van der Waals surface area contributed by atoms with Crippen molar-refractivity contribution in [3.63, 3.8) is 0 Å². The molecule has 1 heterocycles. The minimum absolute atomic E-state index is 0.0270. The van der Waals surface area contributed by atoms with Crippen LogP contribution < -0.4 is 0 Å². The smallest absolute Gasteiger partial charge is 0.324 e. The Morgan fingerprint density at radius 2 is 1.96 bits per heavy atom. The minimum atomic E-state index is -4.51. The third-order valence-electron chi connectivity index (χ3n) is 4.48. The fourth-order valence-electron chi connectivity index (χ4n) is 3.36. The fraction of sp³-hybridized carbons (Fsp3) is 0.412. The standard InChI is InChI=1S/C17H16F3NO2/c1-10-4-2-7-14(15(22)8-10)21-9-12-11(16(21)23)5-3-6-13(12)17(18,19)20/h3,5-6,14H,1-2,4,7-9H2/t14-/m0/s1. The van der Waals surface area contributed by atoms with Gasteiger partial charge in [0.25, 0.3) is 5.91 Å². The number of Topliss-reactive ketones (excluding diaryl/α,β-unsaturated/α-hetero) is 1. The molecule has 1 atom stereocenters. The van der Waals surface area contributed by atoms with Crippen molar-refractivity contribution >= 4 is 11.7 Å². The van der Waals surface area contributed by atoms with E-state index in [1.165, 1.54) is 17.0 Å². The molecule has 1 saturated carbocycles. The summed E-state index contributed by atoms with van der Waals surface area (Å²) in [5.41, 5.74) is 0.0468. The molecule has 122 valence electrons. The SMILES string of the molecule is C=C1CCC[C@H](N2Cc3c(cccc3C(F)(F)F)C2=O)C(=O)C1. The van der Waals surface area contributed by atoms with Crippen LogP contribution in [0.5, 0.6) is 0 Å². The average Bonchev–Trinajstić information content (AvgIpc) is 2.69. The van der Waals surface area contributed by atoms with Crippen LogP contribution in [0.15, 0.2) is 30.4 Å². The second-order valence-electron chi connectivity index (χ2n) is 6.06. The molecule has 0 radical (unpaired) electrons. The molecule has 0 spiro atoms. The lowest BCUT2D eigenvalue weighted by atomic mass is 10.0. The molecule has 23 heavy (non-hydrogen) atoms. The highest BCUT2D eigenvalue weighted by atomic mass is 19.4. The first-order chi connectivity index (χ1) is 10.8. The van der Waals surface area contributed by atoms with Crippen molar-refractivity contribution in [3.8, 4) is 0 Å². The zero-order valence-electron chi connectivity index (χ0n) is 12.4. The van der Waals surface area contributed by atoms with Crippen LogP contribution in [-0.4, -0.2) is 22.6 Å². The summed E-state index contributed by atoms with van der Waals surface area (Å²) in [6, 6.07) is 2.95. The normalized spacial score (nSPS) is 22.3. The maximum atomic E-state index is 13.1. The van der Waals surface area contributed by atoms with E-state index in [0.717, 1.165) is 11.6 Å². The number of ketones is 1. The minimum Gasteiger partial charge on any atom is -0.324 e. The number of rotatable bonds is 1. The molecule has 1 aromatic carbocycles. The highest BCUT2D eigenvalue weighted by Gasteiger charge is 2.42. The van der Waals surface area contributed by atoms with Gasteiger partial charge in [-0.05, 0) is 37.0 Å². The van der Waals surface area contributed by atoms with Crippen LogP contribution in [-0.2, 0) is 17.5 Å². The predicted octanol–water partition coefficient (Wildman–Crippen LogP) is 3.73. The van der Waals surface area contributed by atoms with E-state index in [1.54, 1.807) is 0 Å². The summed E-state index contributed by atoms with van der Waals surface area (Å²) in [7, 11) is 0. The van der Waals surface area contributed by atoms with Gasteiger partial charge in [0.1, 0.15) is 0 Å². The van der Waals surface area contributed by atoms with Gasteiger partial charge in [-0.3, -0.25) is 9.59 Å². The number of hydrogen-bond acceptors (Lipinski definition) is 2. The summed E-state index contributed by atoms with van der Waals surface area (Å²) < 4.78 is 39.4. The summed E-state index contributed by atoms with van der Waals surface area (Å²) in [6.45, 7) is 3.66. The van der Waals surface area contributed by atoms with E-state index in [4.69, 9.17) is 0 Å². The molecule has 1 amide bonds. The van der Waals surface area contributed by atoms with Crippen molar-refractivity contribution in [2.45, 2.75) is 44.4 Å². The van der Waals surface area contributed by atoms with Crippen LogP contribution >= 0.6 is 0 Å². The van der Waals surface area contributed by atoms with Crippen molar-refractivity contribution in [1.29, 1.82) is 0 Å². The third-order valence-corrected chi connectivity index (χ3v) is 4.48. The van der Waals surface area contributed by atoms with E-state index in [1.807, 2.05) is 0 Å². The van der Waals surface area contributed by atoms with Gasteiger partial charge >= 0.3 is 6.18 Å². The van der Waals surface area contributed by atoms with Crippen LogP contribution in [0.1, 0.15) is 47.2 Å². The topological polar surface area (TPSA) is 37.4 Å². The van der Waals surface area contributed by atoms with Gasteiger partial charge in [-0.2, -0.15) is 13.2 Å². The number of nitrogens with zero attached hydrogens (tertiary/aromatic N) is 1. The lowest BCUT2D eigenvalue weighted by Crippen LogP contribution is -2.40. The van der Waals surface area contributed by atoms with Crippen molar-refractivity contribution in [2.75, 3.05) is 0 Å². The number of halogens is 3. The Labute approximate surface area is 131 Å². The van der Waals surface area contributed by atoms with Gasteiger partial charge in [-0.15, -0.1) is 0 Å². The molecular formula is C17H16F3NO2. The maximum Gasteiger partial charge on any atom is 0.416 e. The van der Waals surface area contributed by atoms with Gasteiger partial charge < -0.3 is 4.90 Å². The van der Waals surface area contributed by atoms with Crippen molar-refractivity contribution in [3.05, 3.63) is 47.0 Å². The molecule has 6 heteroatoms. The Morgan fingerprint density at radius 1 is 1.22 bits per heavy atom. The Hall–Kier alpha value is -2.11. The molecule has 1 aliphatic heterocycles. The quantitative estimate of drug-likeness (QED) is 0.583. The molecule has 2 aliphatic rings. The summed E-state index contributed by atoms with van der Waals surface area (Å²) in [5, 5.41) is 0. The van der Waals surface area contributed by atoms with Crippen LogP contribution in [0, 0.1) is 0 Å². The van der Waals surface area contributed by atoms with E-state index >= 15 is 0 Å². The van der Waals surface area contributed by atoms with Gasteiger partial charge in [0.05, 0.1) is 11.6 Å². The molecule has 0 bridgehead atoms. The number of amides is 1. The Kier molecular flexibility index (Phi) is 3.78. The van der Waals surface area contributed by atoms with Gasteiger partial charge in [-0.25, -0.2) is 0 Å². The summed E-state index contributed by atoms with van der Waals surface area (Å²) in [4.78, 5) is 26.1. The molecule has 0 saturated heterocycles. The summed E-state index contributed by atoms with van der Waals surface area (Å²) >= 11 is 0. The molecule has 1 fully saturated rings. The van der Waals surface area contributed by atoms with Gasteiger partial charge in [0.2, 0.25) is 0 Å². The fourth-order valence-corrected chi connectivity index (χ4v) is 3.36. The molecule has 0 unspecified atom stereocenters. The third kappa shape index (κ3) is 2.78. The number of carbonyl (C=O) groups excluding carboxylic acids is 2. The largest absolute Gasteiger partial charge is 0.416 e. The number of allylic oxidation sites excluding steroid dienone is 1. The van der Waals surface area contributed by atoms with Crippen LogP contribution in [0.4, 0.5) is 13.2 Å². The maximum absolute atomic E-state index is 13.1. The van der Waals surface area contributed by atoms with E-state index in [-0.39, 0.29) is 29.9 Å². The van der Waals surface area contributed by atoms with E-state index < -0.39 is 23.7 Å². The number of alkyl halides is 3. The monoisotopic (exact) mass is 323 g/mol. The molecule has 0 N–H and O–H groups in total. The van der Waals surface area contributed by atoms with E-state index in [0.29, 0.717) is 19.3 Å². The number of benzene rings is 1. The summed E-state index contributed by atoms with van der Waals surface area (Å²) in [6.07, 6.45) is -2.42. The second-order valence-corrected chi connectivity index (χ2v) is 6.06. The Balaban J connectivity index is 1.95. The molecular weight excluding hydrogens is 307 g/mol. The zero-order valence-corrected chi connectivity index (χ0v) is 12.4. The number of fused-ring (bicyclic) bond motifs is 1. The van der Waals surface area contributed by atoms with Crippen molar-refractivity contribution in [2.24, 2.45) is 0 Å². The second kappa shape index (κ2) is 5.51. The summed E-state index contributed by atoms with van der Waals surface area (Å²) in [5.74, 6) is -0.626. The van der Waals surface area contributed by atoms with Gasteiger partial charge in [0, 0.05) is 18.5 Å². The molecule has 3 rings (SSSR count). The molecule has 0 aromatic heterocycles. The Morgan fingerprint density at radius 3 is 2.65 bits per heavy atom. The molecule has 1 aliphatic carbocycles. The predicted molar refractivity (Wildman–Crippen MR) is 77.7 cm³/mol. The van der Waals surface area contributed by atoms with E-state index in [2.05, 4.69) is 6.58 Å². The lowest BCUT2D eigenvalue weighted by Gasteiger charge is -2.25. The van der Waals surface area contributed by atoms with Crippen molar-refractivity contribution in [1.82, 2.24) is 4.90 Å². The first-order valence-corrected chi connectivity index (χ1v) is 7.48. The highest BCUT2D eigenvalue weighted by molar-refractivity contribution is 6.02. The lowest BCUT2D eigenvalue weighted by molar-refractivity contribution is -0.138. The van der Waals surface area contributed by atoms with Crippen molar-refractivity contribution < 1.29 is 22.8 Å². The number of carbonyl (C=O) groups is 2. The Bertz CT molecular complexity index is 694. The first kappa shape index (κ1) is 15.8. The van der Waals surface area contributed by atoms with Crippen LogP contribution in [0.25, 0.3) is 0 Å². The average molecular weight is 323 g/mol. The molecule has 3 nitrogen and oxygen atoms in total.